The van der Waals surface area contributed by atoms with Crippen LogP contribution < -0.4 is 16.4 Å². The highest BCUT2D eigenvalue weighted by Gasteiger charge is 2.19. The van der Waals surface area contributed by atoms with E-state index in [9.17, 15) is 4.79 Å². The highest BCUT2D eigenvalue weighted by atomic mass is 32.2. The molecule has 0 radical (unpaired) electrons. The van der Waals surface area contributed by atoms with E-state index in [2.05, 4.69) is 23.8 Å². The molecule has 0 saturated heterocycles. The fourth-order valence-corrected chi connectivity index (χ4v) is 3.28. The van der Waals surface area contributed by atoms with Crippen molar-refractivity contribution in [2.24, 2.45) is 0 Å². The Hall–Kier alpha value is -1.40. The van der Waals surface area contributed by atoms with Gasteiger partial charge in [0.05, 0.1) is 10.6 Å². The number of carbonyl (C=O) groups excluding carboxylic acids is 1. The molecule has 0 unspecified atom stereocenters. The van der Waals surface area contributed by atoms with Gasteiger partial charge in [0, 0.05) is 13.1 Å². The second-order valence-electron chi connectivity index (χ2n) is 3.38. The van der Waals surface area contributed by atoms with Gasteiger partial charge in [-0.1, -0.05) is 12.2 Å². The number of anilines is 2. The second-order valence-corrected chi connectivity index (χ2v) is 5.21. The number of nitrogens with two attached hydrogens (primary N) is 1. The van der Waals surface area contributed by atoms with Gasteiger partial charge in [0.2, 0.25) is 0 Å². The quantitative estimate of drug-likeness (QED) is 0.531. The minimum Gasteiger partial charge on any atom is -0.396 e. The molecule has 0 aromatic carbocycles. The summed E-state index contributed by atoms with van der Waals surface area (Å²) in [7, 11) is 0. The van der Waals surface area contributed by atoms with Crippen molar-refractivity contribution >= 4 is 39.7 Å². The molecule has 0 aliphatic rings. The maximum absolute atomic E-state index is 11.9. The average molecular weight is 283 g/mol. The van der Waals surface area contributed by atoms with Gasteiger partial charge in [-0.15, -0.1) is 36.3 Å². The van der Waals surface area contributed by atoms with E-state index in [1.165, 1.54) is 23.1 Å². The SMILES string of the molecule is C=CCNC(=O)c1sc(NCC=C)c(SC)c1N. The summed E-state index contributed by atoms with van der Waals surface area (Å²) in [4.78, 5) is 13.3. The van der Waals surface area contributed by atoms with E-state index < -0.39 is 0 Å². The molecule has 6 heteroatoms. The van der Waals surface area contributed by atoms with Crippen molar-refractivity contribution in [2.45, 2.75) is 4.90 Å². The molecule has 0 aliphatic carbocycles. The van der Waals surface area contributed by atoms with Crippen LogP contribution in [0, 0.1) is 0 Å². The first-order valence-electron chi connectivity index (χ1n) is 5.35. The normalized spacial score (nSPS) is 9.83. The van der Waals surface area contributed by atoms with Crippen LogP contribution in [0.4, 0.5) is 10.7 Å². The molecule has 1 aromatic rings. The Balaban J connectivity index is 2.98. The number of hydrogen-bond donors (Lipinski definition) is 3. The van der Waals surface area contributed by atoms with Crippen LogP contribution in [-0.4, -0.2) is 25.3 Å². The molecule has 4 N–H and O–H groups in total. The van der Waals surface area contributed by atoms with Gasteiger partial charge in [-0.25, -0.2) is 0 Å². The lowest BCUT2D eigenvalue weighted by Gasteiger charge is -2.02. The molecule has 0 atom stereocenters. The van der Waals surface area contributed by atoms with Crippen LogP contribution in [0.2, 0.25) is 0 Å². The number of rotatable bonds is 7. The Bertz CT molecular complexity index is 454. The van der Waals surface area contributed by atoms with Crippen LogP contribution in [0.1, 0.15) is 9.67 Å². The standard InChI is InChI=1S/C12H17N3OS2/c1-4-6-14-11(16)9-8(13)10(17-3)12(18-9)15-7-5-2/h4-5,15H,1-2,6-7,13H2,3H3,(H,14,16). The fraction of sp³-hybridized carbons (Fsp3) is 0.250. The van der Waals surface area contributed by atoms with Crippen LogP contribution in [-0.2, 0) is 0 Å². The lowest BCUT2D eigenvalue weighted by molar-refractivity contribution is 0.0963. The van der Waals surface area contributed by atoms with Crippen molar-refractivity contribution in [3.63, 3.8) is 0 Å². The van der Waals surface area contributed by atoms with Gasteiger partial charge in [-0.05, 0) is 6.26 Å². The van der Waals surface area contributed by atoms with Gasteiger partial charge in [0.1, 0.15) is 9.88 Å². The minimum atomic E-state index is -0.167. The molecule has 0 fully saturated rings. The third-order valence-corrected chi connectivity index (χ3v) is 4.25. The summed E-state index contributed by atoms with van der Waals surface area (Å²) in [6, 6.07) is 0. The summed E-state index contributed by atoms with van der Waals surface area (Å²) < 4.78 is 0. The number of thiophene rings is 1. The Morgan fingerprint density at radius 1 is 1.44 bits per heavy atom. The van der Waals surface area contributed by atoms with Crippen molar-refractivity contribution in [1.29, 1.82) is 0 Å². The number of hydrogen-bond acceptors (Lipinski definition) is 5. The highest BCUT2D eigenvalue weighted by molar-refractivity contribution is 7.99. The van der Waals surface area contributed by atoms with Crippen LogP contribution in [0.3, 0.4) is 0 Å². The summed E-state index contributed by atoms with van der Waals surface area (Å²) in [6.07, 6.45) is 5.33. The lowest BCUT2D eigenvalue weighted by Crippen LogP contribution is -2.23. The molecular formula is C12H17N3OS2. The summed E-state index contributed by atoms with van der Waals surface area (Å²) in [5.74, 6) is -0.167. The summed E-state index contributed by atoms with van der Waals surface area (Å²) in [5, 5.41) is 6.82. The number of carbonyl (C=O) groups is 1. The predicted molar refractivity (Wildman–Crippen MR) is 81.7 cm³/mol. The van der Waals surface area contributed by atoms with Crippen LogP contribution >= 0.6 is 23.1 Å². The Morgan fingerprint density at radius 2 is 2.11 bits per heavy atom. The maximum atomic E-state index is 11.9. The average Bonchev–Trinajstić information content (AvgIpc) is 2.69. The van der Waals surface area contributed by atoms with Gasteiger partial charge < -0.3 is 16.4 Å². The largest absolute Gasteiger partial charge is 0.396 e. The first-order valence-corrected chi connectivity index (χ1v) is 7.39. The molecule has 1 amide bonds. The number of thioether (sulfide) groups is 1. The van der Waals surface area contributed by atoms with E-state index in [4.69, 9.17) is 5.73 Å². The molecule has 0 spiro atoms. The molecule has 0 saturated carbocycles. The Kier molecular flexibility index (Phi) is 5.80. The number of amides is 1. The molecular weight excluding hydrogens is 266 g/mol. The lowest BCUT2D eigenvalue weighted by atomic mass is 10.3. The minimum absolute atomic E-state index is 0.167. The van der Waals surface area contributed by atoms with Crippen molar-refractivity contribution < 1.29 is 4.79 Å². The summed E-state index contributed by atoms with van der Waals surface area (Å²) in [5.41, 5.74) is 6.52. The van der Waals surface area contributed by atoms with Crippen molar-refractivity contribution in [3.05, 3.63) is 30.2 Å². The number of nitrogens with one attached hydrogen (secondary N) is 2. The first-order chi connectivity index (χ1) is 8.65. The second kappa shape index (κ2) is 7.13. The van der Waals surface area contributed by atoms with Crippen molar-refractivity contribution in [3.8, 4) is 0 Å². The molecule has 0 aliphatic heterocycles. The van der Waals surface area contributed by atoms with Gasteiger partial charge in [-0.3, -0.25) is 4.79 Å². The first kappa shape index (κ1) is 14.7. The topological polar surface area (TPSA) is 67.2 Å². The molecule has 1 heterocycles. The number of nitrogen functional groups attached to an aromatic ring is 1. The zero-order chi connectivity index (χ0) is 13.5. The summed E-state index contributed by atoms with van der Waals surface area (Å²) in [6.45, 7) is 8.28. The highest BCUT2D eigenvalue weighted by Crippen LogP contribution is 2.41. The summed E-state index contributed by atoms with van der Waals surface area (Å²) >= 11 is 2.88. The fourth-order valence-electron chi connectivity index (χ4n) is 1.33. The Morgan fingerprint density at radius 3 is 2.67 bits per heavy atom. The van der Waals surface area contributed by atoms with E-state index in [-0.39, 0.29) is 5.91 Å². The third kappa shape index (κ3) is 3.30. The van der Waals surface area contributed by atoms with E-state index in [1.807, 2.05) is 6.26 Å². The van der Waals surface area contributed by atoms with Crippen LogP contribution in [0.25, 0.3) is 0 Å². The van der Waals surface area contributed by atoms with Gasteiger partial charge in [-0.2, -0.15) is 0 Å². The molecule has 4 nitrogen and oxygen atoms in total. The van der Waals surface area contributed by atoms with Crippen molar-refractivity contribution in [1.82, 2.24) is 5.32 Å². The monoisotopic (exact) mass is 283 g/mol. The van der Waals surface area contributed by atoms with E-state index in [0.717, 1.165) is 9.90 Å². The Labute approximate surface area is 115 Å². The van der Waals surface area contributed by atoms with Crippen LogP contribution in [0.5, 0.6) is 0 Å². The third-order valence-electron chi connectivity index (χ3n) is 2.12. The molecule has 18 heavy (non-hydrogen) atoms. The molecule has 1 rings (SSSR count). The maximum Gasteiger partial charge on any atom is 0.263 e. The molecule has 98 valence electrons. The molecule has 1 aromatic heterocycles. The van der Waals surface area contributed by atoms with Gasteiger partial charge in [0.15, 0.2) is 0 Å². The van der Waals surface area contributed by atoms with E-state index in [1.54, 1.807) is 12.2 Å². The zero-order valence-corrected chi connectivity index (χ0v) is 11.9. The van der Waals surface area contributed by atoms with E-state index in [0.29, 0.717) is 23.7 Å². The van der Waals surface area contributed by atoms with Gasteiger partial charge in [0.25, 0.3) is 5.91 Å². The van der Waals surface area contributed by atoms with E-state index >= 15 is 0 Å². The predicted octanol–water partition coefficient (Wildman–Crippen LogP) is 2.57. The molecule has 0 bridgehead atoms. The zero-order valence-electron chi connectivity index (χ0n) is 10.3. The van der Waals surface area contributed by atoms with Crippen LogP contribution in [0.15, 0.2) is 30.2 Å². The van der Waals surface area contributed by atoms with Crippen molar-refractivity contribution in [2.75, 3.05) is 30.4 Å². The smallest absolute Gasteiger partial charge is 0.263 e. The van der Waals surface area contributed by atoms with Gasteiger partial charge >= 0.3 is 0 Å².